The van der Waals surface area contributed by atoms with E-state index in [-0.39, 0.29) is 17.8 Å². The molecule has 8 nitrogen and oxygen atoms in total. The second-order valence-corrected chi connectivity index (χ2v) is 10.8. The first-order valence-corrected chi connectivity index (χ1v) is 13.1. The molecule has 5 rings (SSSR count). The Morgan fingerprint density at radius 2 is 1.95 bits per heavy atom. The zero-order valence-corrected chi connectivity index (χ0v) is 22.3. The molecule has 2 aliphatic heterocycles. The van der Waals surface area contributed by atoms with Gasteiger partial charge < -0.3 is 19.5 Å². The number of benzene rings is 2. The van der Waals surface area contributed by atoms with Gasteiger partial charge in [0.2, 0.25) is 11.8 Å². The van der Waals surface area contributed by atoms with E-state index in [1.165, 1.54) is 23.2 Å². The zero-order chi connectivity index (χ0) is 27.6. The van der Waals surface area contributed by atoms with Crippen LogP contribution < -0.4 is 14.8 Å². The standard InChI is InChI=1S/C30H32FN3O5/c1-30(2,3)39-29(36)34-15-5-8-24(34)28(35)33-22-10-14-27(32-18-22)37-23-11-13-26-20(17-23)9-12-25(38-26)19-6-4-7-21(31)16-19/h4,6-7,10-11,13-14,16-18,24-25H,5,8-9,12,15H2,1-3H3,(H,33,35). The molecule has 0 aliphatic carbocycles. The fourth-order valence-electron chi connectivity index (χ4n) is 4.81. The highest BCUT2D eigenvalue weighted by molar-refractivity contribution is 5.96. The van der Waals surface area contributed by atoms with Gasteiger partial charge in [-0.05, 0) is 94.0 Å². The second-order valence-electron chi connectivity index (χ2n) is 10.8. The number of aromatic nitrogens is 1. The summed E-state index contributed by atoms with van der Waals surface area (Å²) in [6.45, 7) is 5.88. The highest BCUT2D eigenvalue weighted by Gasteiger charge is 2.36. The third-order valence-corrected chi connectivity index (χ3v) is 6.61. The van der Waals surface area contributed by atoms with Gasteiger partial charge in [0.1, 0.15) is 35.1 Å². The van der Waals surface area contributed by atoms with Gasteiger partial charge in [-0.15, -0.1) is 0 Å². The molecule has 2 aliphatic rings. The van der Waals surface area contributed by atoms with Crippen molar-refractivity contribution in [3.05, 3.63) is 77.7 Å². The number of anilines is 1. The molecule has 2 aromatic carbocycles. The summed E-state index contributed by atoms with van der Waals surface area (Å²) < 4.78 is 31.1. The summed E-state index contributed by atoms with van der Waals surface area (Å²) in [6, 6.07) is 14.9. The number of nitrogens with zero attached hydrogens (tertiary/aromatic N) is 2. The minimum atomic E-state index is -0.628. The van der Waals surface area contributed by atoms with Crippen molar-refractivity contribution in [3.8, 4) is 17.4 Å². The molecule has 2 amide bonds. The number of amides is 2. The maximum Gasteiger partial charge on any atom is 0.410 e. The Hall–Kier alpha value is -4.14. The number of halogens is 1. The van der Waals surface area contributed by atoms with Crippen molar-refractivity contribution in [2.24, 2.45) is 0 Å². The minimum Gasteiger partial charge on any atom is -0.485 e. The number of likely N-dealkylation sites (tertiary alicyclic amines) is 1. The Balaban J connectivity index is 1.18. The topological polar surface area (TPSA) is 90.0 Å². The fourth-order valence-corrected chi connectivity index (χ4v) is 4.81. The van der Waals surface area contributed by atoms with E-state index in [9.17, 15) is 14.0 Å². The smallest absolute Gasteiger partial charge is 0.410 e. The molecule has 204 valence electrons. The third kappa shape index (κ3) is 6.47. The summed E-state index contributed by atoms with van der Waals surface area (Å²) in [7, 11) is 0. The summed E-state index contributed by atoms with van der Waals surface area (Å²) in [6.07, 6.45) is 3.66. The Labute approximate surface area is 227 Å². The maximum absolute atomic E-state index is 13.6. The highest BCUT2D eigenvalue weighted by Crippen LogP contribution is 2.37. The Morgan fingerprint density at radius 3 is 2.69 bits per heavy atom. The van der Waals surface area contributed by atoms with Crippen LogP contribution in [-0.4, -0.2) is 40.1 Å². The van der Waals surface area contributed by atoms with Crippen molar-refractivity contribution in [1.82, 2.24) is 9.88 Å². The van der Waals surface area contributed by atoms with E-state index >= 15 is 0 Å². The molecule has 1 saturated heterocycles. The van der Waals surface area contributed by atoms with Gasteiger partial charge in [0.05, 0.1) is 11.9 Å². The van der Waals surface area contributed by atoms with Gasteiger partial charge in [0.25, 0.3) is 0 Å². The third-order valence-electron chi connectivity index (χ3n) is 6.61. The molecule has 9 heteroatoms. The first-order chi connectivity index (χ1) is 18.6. The molecule has 2 unspecified atom stereocenters. The first kappa shape index (κ1) is 26.5. The fraction of sp³-hybridized carbons (Fsp3) is 0.367. The van der Waals surface area contributed by atoms with E-state index in [0.717, 1.165) is 36.1 Å². The number of carbonyl (C=O) groups is 2. The van der Waals surface area contributed by atoms with Gasteiger partial charge in [-0.2, -0.15) is 0 Å². The van der Waals surface area contributed by atoms with Crippen molar-refractivity contribution in [1.29, 1.82) is 0 Å². The van der Waals surface area contributed by atoms with Gasteiger partial charge >= 0.3 is 6.09 Å². The van der Waals surface area contributed by atoms with Gasteiger partial charge in [0, 0.05) is 12.6 Å². The average Bonchev–Trinajstić information content (AvgIpc) is 3.39. The van der Waals surface area contributed by atoms with Gasteiger partial charge in [-0.25, -0.2) is 14.2 Å². The number of carbonyl (C=O) groups excluding carboxylic acids is 2. The van der Waals surface area contributed by atoms with Crippen molar-refractivity contribution >= 4 is 17.7 Å². The van der Waals surface area contributed by atoms with Crippen LogP contribution in [0.3, 0.4) is 0 Å². The van der Waals surface area contributed by atoms with Crippen LogP contribution in [0.1, 0.15) is 57.3 Å². The van der Waals surface area contributed by atoms with Crippen molar-refractivity contribution < 1.29 is 28.2 Å². The van der Waals surface area contributed by atoms with Crippen LogP contribution in [0, 0.1) is 5.82 Å². The first-order valence-electron chi connectivity index (χ1n) is 13.1. The van der Waals surface area contributed by atoms with Crippen molar-refractivity contribution in [3.63, 3.8) is 0 Å². The van der Waals surface area contributed by atoms with Crippen LogP contribution in [0.5, 0.6) is 17.4 Å². The number of nitrogens with one attached hydrogen (secondary N) is 1. The normalized spacial score (nSPS) is 18.6. The van der Waals surface area contributed by atoms with Gasteiger partial charge in [0.15, 0.2) is 0 Å². The molecule has 1 aromatic heterocycles. The highest BCUT2D eigenvalue weighted by atomic mass is 19.1. The number of hydrogen-bond acceptors (Lipinski definition) is 6. The molecule has 39 heavy (non-hydrogen) atoms. The predicted molar refractivity (Wildman–Crippen MR) is 143 cm³/mol. The molecule has 1 fully saturated rings. The minimum absolute atomic E-state index is 0.190. The summed E-state index contributed by atoms with van der Waals surface area (Å²) in [5, 5.41) is 2.84. The predicted octanol–water partition coefficient (Wildman–Crippen LogP) is 6.42. The Kier molecular flexibility index (Phi) is 7.41. The van der Waals surface area contributed by atoms with E-state index in [1.54, 1.807) is 45.0 Å². The molecule has 0 spiro atoms. The molecule has 3 heterocycles. The molecular formula is C30H32FN3O5. The summed E-state index contributed by atoms with van der Waals surface area (Å²) in [4.78, 5) is 31.2. The number of fused-ring (bicyclic) bond motifs is 1. The summed E-state index contributed by atoms with van der Waals surface area (Å²) in [5.41, 5.74) is 1.71. The molecule has 3 aromatic rings. The lowest BCUT2D eigenvalue weighted by atomic mass is 9.97. The number of hydrogen-bond donors (Lipinski definition) is 1. The van der Waals surface area contributed by atoms with E-state index in [4.69, 9.17) is 14.2 Å². The van der Waals surface area contributed by atoms with E-state index < -0.39 is 17.7 Å². The maximum atomic E-state index is 13.6. The molecule has 0 radical (unpaired) electrons. The van der Waals surface area contributed by atoms with Crippen LogP contribution in [0.15, 0.2) is 60.8 Å². The van der Waals surface area contributed by atoms with Crippen LogP contribution >= 0.6 is 0 Å². The summed E-state index contributed by atoms with van der Waals surface area (Å²) >= 11 is 0. The second kappa shape index (κ2) is 10.9. The van der Waals surface area contributed by atoms with Crippen molar-refractivity contribution in [2.75, 3.05) is 11.9 Å². The van der Waals surface area contributed by atoms with Crippen LogP contribution in [0.2, 0.25) is 0 Å². The lowest BCUT2D eigenvalue weighted by Gasteiger charge is -2.28. The molecule has 0 bridgehead atoms. The number of ether oxygens (including phenoxy) is 3. The average molecular weight is 534 g/mol. The number of aryl methyl sites for hydroxylation is 1. The largest absolute Gasteiger partial charge is 0.485 e. The number of pyridine rings is 1. The lowest BCUT2D eigenvalue weighted by molar-refractivity contribution is -0.120. The van der Waals surface area contributed by atoms with Gasteiger partial charge in [-0.3, -0.25) is 9.69 Å². The molecule has 0 saturated carbocycles. The SMILES string of the molecule is CC(C)(C)OC(=O)N1CCCC1C(=O)Nc1ccc(Oc2ccc3c(c2)CCC(c2cccc(F)c2)O3)nc1. The molecule has 1 N–H and O–H groups in total. The number of rotatable bonds is 5. The monoisotopic (exact) mass is 533 g/mol. The van der Waals surface area contributed by atoms with Crippen LogP contribution in [0.4, 0.5) is 14.9 Å². The van der Waals surface area contributed by atoms with E-state index in [1.807, 2.05) is 18.2 Å². The summed E-state index contributed by atoms with van der Waals surface area (Å²) in [5.74, 6) is 1.19. The Morgan fingerprint density at radius 1 is 1.10 bits per heavy atom. The molecular weight excluding hydrogens is 501 g/mol. The van der Waals surface area contributed by atoms with Crippen molar-refractivity contribution in [2.45, 2.75) is 64.2 Å². The van der Waals surface area contributed by atoms with Crippen LogP contribution in [0.25, 0.3) is 0 Å². The van der Waals surface area contributed by atoms with E-state index in [2.05, 4.69) is 10.3 Å². The van der Waals surface area contributed by atoms with Gasteiger partial charge in [-0.1, -0.05) is 12.1 Å². The molecule has 2 atom stereocenters. The van der Waals surface area contributed by atoms with Crippen LogP contribution in [-0.2, 0) is 16.0 Å². The lowest BCUT2D eigenvalue weighted by Crippen LogP contribution is -2.45. The quantitative estimate of drug-likeness (QED) is 0.407. The van der Waals surface area contributed by atoms with E-state index in [0.29, 0.717) is 30.3 Å². The Bertz CT molecular complexity index is 1360. The zero-order valence-electron chi connectivity index (χ0n) is 22.3.